The minimum atomic E-state index is -0.782. The van der Waals surface area contributed by atoms with E-state index in [1.807, 2.05) is 13.2 Å². The second-order valence-electron chi connectivity index (χ2n) is 4.59. The van der Waals surface area contributed by atoms with E-state index in [0.717, 1.165) is 19.5 Å². The number of carbonyl (C=O) groups is 1. The molecule has 0 radical (unpaired) electrons. The maximum absolute atomic E-state index is 11.9. The monoisotopic (exact) mass is 246 g/mol. The van der Waals surface area contributed by atoms with Crippen molar-refractivity contribution < 1.29 is 9.90 Å². The molecule has 1 fully saturated rings. The third-order valence-corrected chi connectivity index (χ3v) is 3.65. The fourth-order valence-corrected chi connectivity index (χ4v) is 2.81. The molecule has 0 aromatic carbocycles. The van der Waals surface area contributed by atoms with Crippen LogP contribution in [0.5, 0.6) is 0 Å². The van der Waals surface area contributed by atoms with E-state index in [0.29, 0.717) is 12.3 Å². The molecule has 4 nitrogen and oxygen atoms in total. The molecule has 1 amide bonds. The number of hydrogen-bond donors (Lipinski definition) is 2. The van der Waals surface area contributed by atoms with Gasteiger partial charge in [-0.05, 0) is 26.1 Å². The zero-order chi connectivity index (χ0) is 12.2. The molecular formula is C11H22N2O2S. The van der Waals surface area contributed by atoms with E-state index in [4.69, 9.17) is 0 Å². The number of nitrogens with one attached hydrogen (secondary N) is 1. The molecule has 0 bridgehead atoms. The summed E-state index contributed by atoms with van der Waals surface area (Å²) >= 11 is 1.60. The van der Waals surface area contributed by atoms with Crippen LogP contribution in [0.3, 0.4) is 0 Å². The van der Waals surface area contributed by atoms with Gasteiger partial charge in [-0.25, -0.2) is 0 Å². The Balaban J connectivity index is 2.48. The molecule has 0 saturated carbocycles. The third-order valence-electron chi connectivity index (χ3n) is 2.73. The minimum absolute atomic E-state index is 0.0462. The molecule has 94 valence electrons. The van der Waals surface area contributed by atoms with Gasteiger partial charge in [0, 0.05) is 18.8 Å². The van der Waals surface area contributed by atoms with E-state index in [-0.39, 0.29) is 11.9 Å². The highest BCUT2D eigenvalue weighted by Crippen LogP contribution is 2.18. The van der Waals surface area contributed by atoms with Gasteiger partial charge in [0.15, 0.2) is 0 Å². The standard InChI is InChI=1S/C11H22N2O2S/c1-4-12-9-5-6-13(10(9)14)7-11(2,15)8-16-3/h9,12,15H,4-8H2,1-3H3. The molecule has 2 atom stereocenters. The topological polar surface area (TPSA) is 52.6 Å². The van der Waals surface area contributed by atoms with E-state index in [1.165, 1.54) is 0 Å². The number of aliphatic hydroxyl groups is 1. The summed E-state index contributed by atoms with van der Waals surface area (Å²) in [6, 6.07) is -0.0462. The number of hydrogen-bond acceptors (Lipinski definition) is 4. The number of likely N-dealkylation sites (N-methyl/N-ethyl adjacent to an activating group) is 1. The summed E-state index contributed by atoms with van der Waals surface area (Å²) in [5.74, 6) is 0.783. The van der Waals surface area contributed by atoms with Gasteiger partial charge in [0.2, 0.25) is 5.91 Å². The Bertz CT molecular complexity index is 246. The van der Waals surface area contributed by atoms with Crippen LogP contribution in [0.1, 0.15) is 20.3 Å². The first kappa shape index (κ1) is 13.8. The lowest BCUT2D eigenvalue weighted by Crippen LogP contribution is -2.46. The van der Waals surface area contributed by atoms with E-state index < -0.39 is 5.60 Å². The van der Waals surface area contributed by atoms with Crippen molar-refractivity contribution in [3.63, 3.8) is 0 Å². The number of likely N-dealkylation sites (tertiary alicyclic amines) is 1. The maximum Gasteiger partial charge on any atom is 0.239 e. The lowest BCUT2D eigenvalue weighted by atomic mass is 10.1. The molecule has 0 aromatic heterocycles. The Kier molecular flexibility index (Phi) is 5.08. The molecular weight excluding hydrogens is 224 g/mol. The summed E-state index contributed by atoms with van der Waals surface area (Å²) in [6.07, 6.45) is 2.81. The minimum Gasteiger partial charge on any atom is -0.387 e. The molecule has 1 heterocycles. The Hall–Kier alpha value is -0.260. The predicted molar refractivity (Wildman–Crippen MR) is 67.7 cm³/mol. The molecule has 1 aliphatic heterocycles. The number of amides is 1. The highest BCUT2D eigenvalue weighted by Gasteiger charge is 2.34. The number of β-amino-alcohol motifs (C(OH)–C–C–N with tert-alkyl or cyclic N) is 1. The summed E-state index contributed by atoms with van der Waals surface area (Å²) in [6.45, 7) is 5.79. The second kappa shape index (κ2) is 5.89. The van der Waals surface area contributed by atoms with Crippen LogP contribution in [-0.2, 0) is 4.79 Å². The summed E-state index contributed by atoms with van der Waals surface area (Å²) in [5, 5.41) is 13.2. The fraction of sp³-hybridized carbons (Fsp3) is 0.909. The molecule has 2 N–H and O–H groups in total. The SMILES string of the molecule is CCNC1CCN(CC(C)(O)CSC)C1=O. The first-order chi connectivity index (χ1) is 7.50. The van der Waals surface area contributed by atoms with Crippen molar-refractivity contribution in [3.05, 3.63) is 0 Å². The Morgan fingerprint density at radius 2 is 2.38 bits per heavy atom. The Morgan fingerprint density at radius 1 is 1.69 bits per heavy atom. The summed E-state index contributed by atoms with van der Waals surface area (Å²) in [4.78, 5) is 13.7. The van der Waals surface area contributed by atoms with Crippen LogP contribution in [0.4, 0.5) is 0 Å². The van der Waals surface area contributed by atoms with Gasteiger partial charge < -0.3 is 15.3 Å². The van der Waals surface area contributed by atoms with Crippen molar-refractivity contribution in [1.29, 1.82) is 0 Å². The van der Waals surface area contributed by atoms with Crippen LogP contribution in [0.25, 0.3) is 0 Å². The lowest BCUT2D eigenvalue weighted by molar-refractivity contribution is -0.131. The van der Waals surface area contributed by atoms with Gasteiger partial charge in [0.25, 0.3) is 0 Å². The number of thioether (sulfide) groups is 1. The van der Waals surface area contributed by atoms with E-state index in [9.17, 15) is 9.90 Å². The average Bonchev–Trinajstić information content (AvgIpc) is 2.50. The summed E-state index contributed by atoms with van der Waals surface area (Å²) in [5.41, 5.74) is -0.782. The molecule has 1 saturated heterocycles. The van der Waals surface area contributed by atoms with E-state index in [1.54, 1.807) is 23.6 Å². The first-order valence-corrected chi connectivity index (χ1v) is 7.13. The normalized spacial score (nSPS) is 24.9. The van der Waals surface area contributed by atoms with Gasteiger partial charge in [-0.3, -0.25) is 4.79 Å². The molecule has 1 rings (SSSR count). The first-order valence-electron chi connectivity index (χ1n) is 5.73. The van der Waals surface area contributed by atoms with Gasteiger partial charge in [0.05, 0.1) is 11.6 Å². The van der Waals surface area contributed by atoms with E-state index >= 15 is 0 Å². The van der Waals surface area contributed by atoms with Crippen molar-refractivity contribution in [2.45, 2.75) is 31.9 Å². The highest BCUT2D eigenvalue weighted by molar-refractivity contribution is 7.98. The zero-order valence-electron chi connectivity index (χ0n) is 10.3. The molecule has 16 heavy (non-hydrogen) atoms. The highest BCUT2D eigenvalue weighted by atomic mass is 32.2. The average molecular weight is 246 g/mol. The van der Waals surface area contributed by atoms with Gasteiger partial charge in [-0.15, -0.1) is 0 Å². The van der Waals surface area contributed by atoms with E-state index in [2.05, 4.69) is 5.32 Å². The largest absolute Gasteiger partial charge is 0.387 e. The molecule has 2 unspecified atom stereocenters. The number of carbonyl (C=O) groups excluding carboxylic acids is 1. The fourth-order valence-electron chi connectivity index (χ4n) is 2.10. The van der Waals surface area contributed by atoms with Crippen LogP contribution >= 0.6 is 11.8 Å². The van der Waals surface area contributed by atoms with Crippen molar-refractivity contribution in [3.8, 4) is 0 Å². The third kappa shape index (κ3) is 3.64. The van der Waals surface area contributed by atoms with Gasteiger partial charge >= 0.3 is 0 Å². The molecule has 1 aliphatic rings. The van der Waals surface area contributed by atoms with Crippen LogP contribution in [0.2, 0.25) is 0 Å². The zero-order valence-corrected chi connectivity index (χ0v) is 11.1. The van der Waals surface area contributed by atoms with Crippen LogP contribution in [-0.4, -0.2) is 59.2 Å². The second-order valence-corrected chi connectivity index (χ2v) is 5.45. The Labute approximate surface area is 102 Å². The number of rotatable bonds is 6. The molecule has 0 spiro atoms. The van der Waals surface area contributed by atoms with Gasteiger partial charge in [-0.1, -0.05) is 6.92 Å². The predicted octanol–water partition coefficient (Wildman–Crippen LogP) is 0.311. The van der Waals surface area contributed by atoms with Gasteiger partial charge in [-0.2, -0.15) is 11.8 Å². The van der Waals surface area contributed by atoms with Gasteiger partial charge in [0.1, 0.15) is 0 Å². The maximum atomic E-state index is 11.9. The van der Waals surface area contributed by atoms with Crippen LogP contribution in [0.15, 0.2) is 0 Å². The number of nitrogens with zero attached hydrogens (tertiary/aromatic N) is 1. The smallest absolute Gasteiger partial charge is 0.239 e. The van der Waals surface area contributed by atoms with Crippen LogP contribution in [0, 0.1) is 0 Å². The van der Waals surface area contributed by atoms with Crippen molar-refractivity contribution in [1.82, 2.24) is 10.2 Å². The molecule has 5 heteroatoms. The lowest BCUT2D eigenvalue weighted by Gasteiger charge is -2.28. The summed E-state index contributed by atoms with van der Waals surface area (Å²) in [7, 11) is 0. The molecule has 0 aliphatic carbocycles. The van der Waals surface area contributed by atoms with Crippen molar-refractivity contribution in [2.75, 3.05) is 31.6 Å². The summed E-state index contributed by atoms with van der Waals surface area (Å²) < 4.78 is 0. The van der Waals surface area contributed by atoms with Crippen LogP contribution < -0.4 is 5.32 Å². The molecule has 0 aromatic rings. The van der Waals surface area contributed by atoms with Crippen molar-refractivity contribution in [2.24, 2.45) is 0 Å². The Morgan fingerprint density at radius 3 is 2.94 bits per heavy atom. The van der Waals surface area contributed by atoms with Crippen molar-refractivity contribution >= 4 is 17.7 Å². The quantitative estimate of drug-likeness (QED) is 0.708.